The van der Waals surface area contributed by atoms with Crippen LogP contribution < -0.4 is 5.32 Å². The number of aliphatic hydroxyl groups excluding tert-OH is 2. The molecule has 2 heterocycles. The quantitative estimate of drug-likeness (QED) is 0.434. The van der Waals surface area contributed by atoms with Crippen molar-refractivity contribution < 1.29 is 19.8 Å². The van der Waals surface area contributed by atoms with Crippen molar-refractivity contribution in [2.45, 2.75) is 24.6 Å². The van der Waals surface area contributed by atoms with E-state index in [1.165, 1.54) is 4.90 Å². The Kier molecular flexibility index (Phi) is 2.16. The lowest BCUT2D eigenvalue weighted by molar-refractivity contribution is -0.150. The summed E-state index contributed by atoms with van der Waals surface area (Å²) in [5.74, 6) is -0.692. The van der Waals surface area contributed by atoms with Gasteiger partial charge in [-0.05, 0) is 6.42 Å². The Hall–Kier alpha value is -1.14. The molecular weight excluding hydrogens is 188 g/mol. The van der Waals surface area contributed by atoms with Gasteiger partial charge < -0.3 is 20.4 Å². The predicted octanol–water partition coefficient (Wildman–Crippen LogP) is -2.56. The summed E-state index contributed by atoms with van der Waals surface area (Å²) in [4.78, 5) is 24.3. The van der Waals surface area contributed by atoms with Crippen LogP contribution >= 0.6 is 0 Å². The minimum atomic E-state index is -0.843. The zero-order valence-electron chi connectivity index (χ0n) is 7.51. The molecule has 2 amide bonds. The lowest BCUT2D eigenvalue weighted by atomic mass is 10.1. The van der Waals surface area contributed by atoms with Crippen LogP contribution in [-0.4, -0.2) is 58.3 Å². The van der Waals surface area contributed by atoms with E-state index in [1.807, 2.05) is 0 Å². The van der Waals surface area contributed by atoms with E-state index in [4.69, 9.17) is 5.11 Å². The number of amides is 2. The molecule has 2 fully saturated rings. The van der Waals surface area contributed by atoms with Crippen LogP contribution in [0.1, 0.15) is 6.42 Å². The molecular formula is C8H12N2O4. The highest BCUT2D eigenvalue weighted by atomic mass is 16.3. The minimum absolute atomic E-state index is 0.311. The molecule has 6 nitrogen and oxygen atoms in total. The zero-order valence-corrected chi connectivity index (χ0v) is 7.51. The third kappa shape index (κ3) is 1.18. The Balaban J connectivity index is 2.22. The first-order valence-electron chi connectivity index (χ1n) is 4.55. The van der Waals surface area contributed by atoms with Crippen LogP contribution in [0.2, 0.25) is 0 Å². The molecule has 14 heavy (non-hydrogen) atoms. The number of hydrogen-bond donors (Lipinski definition) is 3. The van der Waals surface area contributed by atoms with Gasteiger partial charge in [-0.1, -0.05) is 0 Å². The van der Waals surface area contributed by atoms with Gasteiger partial charge in [0.15, 0.2) is 0 Å². The monoisotopic (exact) mass is 200 g/mol. The predicted molar refractivity (Wildman–Crippen MR) is 45.1 cm³/mol. The van der Waals surface area contributed by atoms with E-state index in [0.29, 0.717) is 13.0 Å². The molecule has 0 saturated carbocycles. The second-order valence-electron chi connectivity index (χ2n) is 3.58. The normalized spacial score (nSPS) is 37.0. The van der Waals surface area contributed by atoms with E-state index in [-0.39, 0.29) is 11.8 Å². The van der Waals surface area contributed by atoms with Crippen molar-refractivity contribution in [3.8, 4) is 0 Å². The number of rotatable bonds is 1. The van der Waals surface area contributed by atoms with Gasteiger partial charge in [0.2, 0.25) is 11.8 Å². The van der Waals surface area contributed by atoms with E-state index >= 15 is 0 Å². The second kappa shape index (κ2) is 3.21. The molecule has 6 heteroatoms. The topological polar surface area (TPSA) is 89.9 Å². The van der Waals surface area contributed by atoms with Crippen LogP contribution in [0.15, 0.2) is 0 Å². The van der Waals surface area contributed by atoms with E-state index in [0.717, 1.165) is 0 Å². The van der Waals surface area contributed by atoms with E-state index in [1.54, 1.807) is 0 Å². The van der Waals surface area contributed by atoms with Gasteiger partial charge in [0.05, 0.1) is 12.7 Å². The van der Waals surface area contributed by atoms with Crippen molar-refractivity contribution in [3.05, 3.63) is 0 Å². The molecule has 0 aliphatic carbocycles. The molecule has 0 radical (unpaired) electrons. The minimum Gasteiger partial charge on any atom is -0.394 e. The lowest BCUT2D eigenvalue weighted by Crippen LogP contribution is -2.64. The molecule has 2 aliphatic heterocycles. The number of carbonyl (C=O) groups excluding carboxylic acids is 2. The average Bonchev–Trinajstić information content (AvgIpc) is 2.54. The maximum Gasteiger partial charge on any atom is 0.248 e. The van der Waals surface area contributed by atoms with Crippen molar-refractivity contribution in [3.63, 3.8) is 0 Å². The third-order valence-electron chi connectivity index (χ3n) is 2.71. The van der Waals surface area contributed by atoms with Gasteiger partial charge in [0, 0.05) is 6.54 Å². The van der Waals surface area contributed by atoms with Crippen molar-refractivity contribution in [1.82, 2.24) is 10.2 Å². The highest BCUT2D eigenvalue weighted by Crippen LogP contribution is 2.22. The Bertz CT molecular complexity index is 281. The van der Waals surface area contributed by atoms with Gasteiger partial charge in [-0.3, -0.25) is 9.59 Å². The summed E-state index contributed by atoms with van der Waals surface area (Å²) in [7, 11) is 0. The zero-order chi connectivity index (χ0) is 10.3. The summed E-state index contributed by atoms with van der Waals surface area (Å²) >= 11 is 0. The van der Waals surface area contributed by atoms with E-state index in [9.17, 15) is 14.7 Å². The number of piperazine rings is 1. The highest BCUT2D eigenvalue weighted by Gasteiger charge is 2.47. The van der Waals surface area contributed by atoms with Crippen LogP contribution in [0.5, 0.6) is 0 Å². The van der Waals surface area contributed by atoms with Crippen molar-refractivity contribution in [2.75, 3.05) is 13.2 Å². The molecule has 0 aromatic heterocycles. The van der Waals surface area contributed by atoms with E-state index in [2.05, 4.69) is 5.32 Å². The van der Waals surface area contributed by atoms with Crippen LogP contribution in [-0.2, 0) is 9.59 Å². The average molecular weight is 200 g/mol. The Morgan fingerprint density at radius 2 is 2.21 bits per heavy atom. The summed E-state index contributed by atoms with van der Waals surface area (Å²) in [5, 5.41) is 20.7. The third-order valence-corrected chi connectivity index (χ3v) is 2.71. The highest BCUT2D eigenvalue weighted by molar-refractivity contribution is 5.97. The molecule has 2 aliphatic rings. The first kappa shape index (κ1) is 9.42. The Labute approximate surface area is 80.5 Å². The van der Waals surface area contributed by atoms with Gasteiger partial charge in [-0.15, -0.1) is 0 Å². The van der Waals surface area contributed by atoms with Gasteiger partial charge in [-0.25, -0.2) is 0 Å². The molecule has 3 unspecified atom stereocenters. The van der Waals surface area contributed by atoms with Crippen LogP contribution in [0.4, 0.5) is 0 Å². The van der Waals surface area contributed by atoms with Crippen molar-refractivity contribution >= 4 is 11.8 Å². The number of carbonyl (C=O) groups is 2. The molecule has 2 saturated heterocycles. The van der Waals surface area contributed by atoms with Gasteiger partial charge in [-0.2, -0.15) is 0 Å². The fourth-order valence-corrected chi connectivity index (χ4v) is 1.98. The van der Waals surface area contributed by atoms with Crippen LogP contribution in [0.3, 0.4) is 0 Å². The molecule has 2 rings (SSSR count). The second-order valence-corrected chi connectivity index (χ2v) is 3.58. The summed E-state index contributed by atoms with van der Waals surface area (Å²) in [6.07, 6.45) is -0.360. The Morgan fingerprint density at radius 3 is 2.86 bits per heavy atom. The van der Waals surface area contributed by atoms with Crippen molar-refractivity contribution in [2.24, 2.45) is 0 Å². The number of aliphatic hydroxyl groups is 2. The summed E-state index contributed by atoms with van der Waals surface area (Å²) in [6.45, 7) is -0.0154. The fraction of sp³-hybridized carbons (Fsp3) is 0.750. The maximum atomic E-state index is 11.6. The van der Waals surface area contributed by atoms with Crippen LogP contribution in [0, 0.1) is 0 Å². The van der Waals surface area contributed by atoms with Gasteiger partial charge >= 0.3 is 0 Å². The fourth-order valence-electron chi connectivity index (χ4n) is 1.98. The largest absolute Gasteiger partial charge is 0.394 e. The smallest absolute Gasteiger partial charge is 0.248 e. The summed E-state index contributed by atoms with van der Waals surface area (Å²) in [6, 6.07) is -1.60. The molecule has 0 aromatic carbocycles. The maximum absolute atomic E-state index is 11.6. The van der Waals surface area contributed by atoms with Crippen LogP contribution in [0.25, 0.3) is 0 Å². The first-order valence-corrected chi connectivity index (χ1v) is 4.55. The molecule has 78 valence electrons. The number of nitrogens with zero attached hydrogens (tertiary/aromatic N) is 1. The number of hydrogen-bond acceptors (Lipinski definition) is 4. The van der Waals surface area contributed by atoms with E-state index < -0.39 is 24.8 Å². The SMILES string of the molecule is O=C1NC(CO)C(=O)N2CCC(O)C12. The molecule has 0 aromatic rings. The lowest BCUT2D eigenvalue weighted by Gasteiger charge is -2.34. The van der Waals surface area contributed by atoms with Crippen molar-refractivity contribution in [1.29, 1.82) is 0 Å². The standard InChI is InChI=1S/C8H12N2O4/c11-3-4-8(14)10-2-1-5(12)6(10)7(13)9-4/h4-6,11-12H,1-3H2,(H,9,13). The molecule has 3 N–H and O–H groups in total. The molecule has 0 bridgehead atoms. The number of fused-ring (bicyclic) bond motifs is 1. The molecule has 0 spiro atoms. The summed E-state index contributed by atoms with van der Waals surface area (Å²) in [5.41, 5.74) is 0. The van der Waals surface area contributed by atoms with Gasteiger partial charge in [0.1, 0.15) is 12.1 Å². The number of nitrogens with one attached hydrogen (secondary N) is 1. The first-order chi connectivity index (χ1) is 6.65. The summed E-state index contributed by atoms with van der Waals surface area (Å²) < 4.78 is 0. The van der Waals surface area contributed by atoms with Gasteiger partial charge in [0.25, 0.3) is 0 Å². The molecule has 3 atom stereocenters. The Morgan fingerprint density at radius 1 is 1.50 bits per heavy atom.